The Bertz CT molecular complexity index is 1070. The fourth-order valence-corrected chi connectivity index (χ4v) is 6.53. The fourth-order valence-electron chi connectivity index (χ4n) is 5.02. The van der Waals surface area contributed by atoms with Gasteiger partial charge in [-0.05, 0) is 37.1 Å². The topological polar surface area (TPSA) is 81.1 Å². The number of nitrogens with zero attached hydrogens (tertiary/aromatic N) is 3. The monoisotopic (exact) mass is 447 g/mol. The molecular formula is C22H29N3O5S. The van der Waals surface area contributed by atoms with Crippen molar-refractivity contribution < 1.29 is 22.7 Å². The second kappa shape index (κ2) is 7.88. The Labute approximate surface area is 182 Å². The van der Waals surface area contributed by atoms with Crippen LogP contribution in [0, 0.1) is 5.92 Å². The Morgan fingerprint density at radius 1 is 1.03 bits per heavy atom. The fraction of sp³-hybridized carbons (Fsp3) is 0.591. The molecule has 8 nitrogen and oxygen atoms in total. The van der Waals surface area contributed by atoms with Crippen molar-refractivity contribution in [1.29, 1.82) is 0 Å². The second-order valence-electron chi connectivity index (χ2n) is 8.76. The molecule has 3 fully saturated rings. The standard InChI is InChI=1S/C22H29N3O5S/c1-23-9-4-18-16-19(2-3-20(18)23)31(27,28)25-10-5-17(6-11-25)21(26)24-12-7-22(8-13-24)29-14-15-30-22/h2-4,9,16-17H,5-8,10-15H2,1H3. The number of sulfonamides is 1. The van der Waals surface area contributed by atoms with Gasteiger partial charge in [0.25, 0.3) is 0 Å². The summed E-state index contributed by atoms with van der Waals surface area (Å²) in [6, 6.07) is 7.17. The molecule has 1 amide bonds. The summed E-state index contributed by atoms with van der Waals surface area (Å²) in [5, 5.41) is 0.909. The van der Waals surface area contributed by atoms with Crippen molar-refractivity contribution in [1.82, 2.24) is 13.8 Å². The molecular weight excluding hydrogens is 418 g/mol. The third-order valence-electron chi connectivity index (χ3n) is 6.95. The predicted octanol–water partition coefficient (Wildman–Crippen LogP) is 1.94. The largest absolute Gasteiger partial charge is 0.351 e. The Balaban J connectivity index is 1.21. The van der Waals surface area contributed by atoms with E-state index in [-0.39, 0.29) is 11.8 Å². The van der Waals surface area contributed by atoms with Crippen LogP contribution in [0.1, 0.15) is 25.7 Å². The van der Waals surface area contributed by atoms with Crippen LogP contribution in [0.25, 0.3) is 10.9 Å². The van der Waals surface area contributed by atoms with Gasteiger partial charge >= 0.3 is 0 Å². The van der Waals surface area contributed by atoms with Crippen LogP contribution in [0.15, 0.2) is 35.4 Å². The summed E-state index contributed by atoms with van der Waals surface area (Å²) >= 11 is 0. The van der Waals surface area contributed by atoms with Crippen LogP contribution in [0.4, 0.5) is 0 Å². The van der Waals surface area contributed by atoms with E-state index < -0.39 is 15.8 Å². The molecule has 31 heavy (non-hydrogen) atoms. The number of amides is 1. The normalized spacial score (nSPS) is 23.1. The van der Waals surface area contributed by atoms with Gasteiger partial charge in [0.05, 0.1) is 18.1 Å². The minimum Gasteiger partial charge on any atom is -0.351 e. The molecule has 0 radical (unpaired) electrons. The summed E-state index contributed by atoms with van der Waals surface area (Å²) in [7, 11) is -1.63. The van der Waals surface area contributed by atoms with Gasteiger partial charge in [-0.25, -0.2) is 8.42 Å². The lowest BCUT2D eigenvalue weighted by Gasteiger charge is -2.40. The molecule has 168 valence electrons. The van der Waals surface area contributed by atoms with E-state index in [0.29, 0.717) is 70.0 Å². The number of ether oxygens (including phenoxy) is 2. The van der Waals surface area contributed by atoms with Gasteiger partial charge in [-0.15, -0.1) is 0 Å². The average molecular weight is 448 g/mol. The van der Waals surface area contributed by atoms with Gasteiger partial charge < -0.3 is 18.9 Å². The van der Waals surface area contributed by atoms with Crippen molar-refractivity contribution in [2.45, 2.75) is 36.4 Å². The first-order valence-corrected chi connectivity index (χ1v) is 12.4. The number of aromatic nitrogens is 1. The highest BCUT2D eigenvalue weighted by Gasteiger charge is 2.42. The smallest absolute Gasteiger partial charge is 0.243 e. The zero-order chi connectivity index (χ0) is 21.6. The van der Waals surface area contributed by atoms with E-state index >= 15 is 0 Å². The molecule has 0 bridgehead atoms. The van der Waals surface area contributed by atoms with Gasteiger partial charge in [-0.1, -0.05) is 0 Å². The minimum absolute atomic E-state index is 0.123. The van der Waals surface area contributed by atoms with E-state index in [1.807, 2.05) is 34.8 Å². The number of aryl methyl sites for hydroxylation is 1. The quantitative estimate of drug-likeness (QED) is 0.718. The van der Waals surface area contributed by atoms with Crippen molar-refractivity contribution in [3.05, 3.63) is 30.5 Å². The van der Waals surface area contributed by atoms with E-state index in [9.17, 15) is 13.2 Å². The van der Waals surface area contributed by atoms with Crippen LogP contribution in [-0.2, 0) is 31.3 Å². The Hall–Kier alpha value is -1.94. The maximum atomic E-state index is 13.2. The maximum Gasteiger partial charge on any atom is 0.243 e. The molecule has 0 aliphatic carbocycles. The molecule has 1 spiro atoms. The number of carbonyl (C=O) groups is 1. The van der Waals surface area contributed by atoms with E-state index in [4.69, 9.17) is 9.47 Å². The highest BCUT2D eigenvalue weighted by Crippen LogP contribution is 2.33. The van der Waals surface area contributed by atoms with Crippen LogP contribution in [0.2, 0.25) is 0 Å². The van der Waals surface area contributed by atoms with Crippen molar-refractivity contribution in [2.24, 2.45) is 13.0 Å². The Kier molecular flexibility index (Phi) is 5.32. The van der Waals surface area contributed by atoms with Gasteiger partial charge in [0.15, 0.2) is 5.79 Å². The molecule has 2 aromatic rings. The zero-order valence-corrected chi connectivity index (χ0v) is 18.6. The van der Waals surface area contributed by atoms with E-state index in [0.717, 1.165) is 10.9 Å². The number of rotatable bonds is 3. The number of piperidine rings is 2. The van der Waals surface area contributed by atoms with Gasteiger partial charge in [0.1, 0.15) is 0 Å². The van der Waals surface area contributed by atoms with E-state index in [2.05, 4.69) is 0 Å². The summed E-state index contributed by atoms with van der Waals surface area (Å²) in [5.74, 6) is -0.480. The Morgan fingerprint density at radius 2 is 1.71 bits per heavy atom. The van der Waals surface area contributed by atoms with Crippen molar-refractivity contribution >= 4 is 26.8 Å². The van der Waals surface area contributed by atoms with E-state index in [1.165, 1.54) is 4.31 Å². The van der Waals surface area contributed by atoms with Crippen LogP contribution in [0.3, 0.4) is 0 Å². The van der Waals surface area contributed by atoms with Crippen molar-refractivity contribution in [3.63, 3.8) is 0 Å². The minimum atomic E-state index is -3.57. The van der Waals surface area contributed by atoms with Gasteiger partial charge in [0, 0.05) is 69.1 Å². The van der Waals surface area contributed by atoms with Crippen molar-refractivity contribution in [3.8, 4) is 0 Å². The molecule has 3 saturated heterocycles. The van der Waals surface area contributed by atoms with Crippen molar-refractivity contribution in [2.75, 3.05) is 39.4 Å². The third kappa shape index (κ3) is 3.77. The summed E-state index contributed by atoms with van der Waals surface area (Å²) in [6.45, 7) is 3.25. The summed E-state index contributed by atoms with van der Waals surface area (Å²) in [5.41, 5.74) is 1.000. The number of hydrogen-bond acceptors (Lipinski definition) is 5. The van der Waals surface area contributed by atoms with Crippen LogP contribution in [-0.4, -0.2) is 73.3 Å². The number of likely N-dealkylation sites (tertiary alicyclic amines) is 1. The van der Waals surface area contributed by atoms with Gasteiger partial charge in [0.2, 0.25) is 15.9 Å². The first-order valence-electron chi connectivity index (χ1n) is 11.0. The molecule has 4 heterocycles. The van der Waals surface area contributed by atoms with Gasteiger partial charge in [-0.2, -0.15) is 4.31 Å². The lowest BCUT2D eigenvalue weighted by Crippen LogP contribution is -2.50. The van der Waals surface area contributed by atoms with E-state index in [1.54, 1.807) is 12.1 Å². The molecule has 9 heteroatoms. The molecule has 3 aliphatic rings. The second-order valence-corrected chi connectivity index (χ2v) is 10.7. The number of hydrogen-bond donors (Lipinski definition) is 0. The SMILES string of the molecule is Cn1ccc2cc(S(=O)(=O)N3CCC(C(=O)N4CCC5(CC4)OCCO5)CC3)ccc21. The Morgan fingerprint density at radius 3 is 2.39 bits per heavy atom. The molecule has 3 aliphatic heterocycles. The van der Waals surface area contributed by atoms with Crippen LogP contribution in [0.5, 0.6) is 0 Å². The number of fused-ring (bicyclic) bond motifs is 1. The highest BCUT2D eigenvalue weighted by molar-refractivity contribution is 7.89. The maximum absolute atomic E-state index is 13.2. The molecule has 1 aromatic heterocycles. The highest BCUT2D eigenvalue weighted by atomic mass is 32.2. The molecule has 5 rings (SSSR count). The molecule has 1 aromatic carbocycles. The molecule has 0 saturated carbocycles. The molecule has 0 atom stereocenters. The lowest BCUT2D eigenvalue weighted by atomic mass is 9.94. The third-order valence-corrected chi connectivity index (χ3v) is 8.84. The first kappa shape index (κ1) is 20.9. The van der Waals surface area contributed by atoms with Crippen LogP contribution >= 0.6 is 0 Å². The summed E-state index contributed by atoms with van der Waals surface area (Å²) in [4.78, 5) is 15.2. The zero-order valence-electron chi connectivity index (χ0n) is 17.8. The molecule has 0 unspecified atom stereocenters. The number of benzene rings is 1. The average Bonchev–Trinajstić information content (AvgIpc) is 3.40. The van der Waals surface area contributed by atoms with Gasteiger partial charge in [-0.3, -0.25) is 4.79 Å². The lowest BCUT2D eigenvalue weighted by molar-refractivity contribution is -0.188. The number of carbonyl (C=O) groups excluding carboxylic acids is 1. The summed E-state index contributed by atoms with van der Waals surface area (Å²) in [6.07, 6.45) is 4.44. The predicted molar refractivity (Wildman–Crippen MR) is 115 cm³/mol. The van der Waals surface area contributed by atoms with Crippen LogP contribution < -0.4 is 0 Å². The first-order chi connectivity index (χ1) is 14.9. The summed E-state index contributed by atoms with van der Waals surface area (Å²) < 4.78 is 41.3. The molecule has 0 N–H and O–H groups in total.